The molecule has 0 aromatic heterocycles. The first-order chi connectivity index (χ1) is 12.9. The lowest BCUT2D eigenvalue weighted by molar-refractivity contribution is -0.172. The van der Waals surface area contributed by atoms with Crippen LogP contribution in [0.4, 0.5) is 0 Å². The summed E-state index contributed by atoms with van der Waals surface area (Å²) >= 11 is 0. The molecule has 2 aliphatic heterocycles. The number of hydrogen-bond acceptors (Lipinski definition) is 6. The Kier molecular flexibility index (Phi) is 3.62. The third-order valence-corrected chi connectivity index (χ3v) is 4.49. The maximum atomic E-state index is 12.5. The molecular weight excluding hydrogens is 352 g/mol. The molecule has 0 aliphatic carbocycles. The van der Waals surface area contributed by atoms with Crippen LogP contribution < -0.4 is 0 Å². The van der Waals surface area contributed by atoms with Gasteiger partial charge in [0.1, 0.15) is 6.04 Å². The number of carbonyl (C=O) groups is 5. The van der Waals surface area contributed by atoms with E-state index in [4.69, 9.17) is 4.84 Å². The van der Waals surface area contributed by atoms with E-state index in [0.717, 1.165) is 4.90 Å². The molecule has 8 nitrogen and oxygen atoms in total. The largest absolute Gasteiger partial charge is 0.355 e. The Morgan fingerprint density at radius 3 is 1.52 bits per heavy atom. The van der Waals surface area contributed by atoms with Crippen molar-refractivity contribution >= 4 is 29.6 Å². The van der Waals surface area contributed by atoms with Gasteiger partial charge in [0.15, 0.2) is 0 Å². The van der Waals surface area contributed by atoms with Crippen LogP contribution in [0.2, 0.25) is 0 Å². The highest BCUT2D eigenvalue weighted by atomic mass is 16.7. The number of rotatable bonds is 3. The molecule has 2 heterocycles. The summed E-state index contributed by atoms with van der Waals surface area (Å²) < 4.78 is 0. The molecule has 0 radical (unpaired) electrons. The Labute approximate surface area is 152 Å². The zero-order chi connectivity index (χ0) is 19.3. The number of fused-ring (bicyclic) bond motifs is 2. The van der Waals surface area contributed by atoms with E-state index >= 15 is 0 Å². The van der Waals surface area contributed by atoms with Crippen LogP contribution in [0.3, 0.4) is 0 Å². The second-order valence-electron chi connectivity index (χ2n) is 6.06. The Morgan fingerprint density at radius 1 is 0.741 bits per heavy atom. The molecule has 0 unspecified atom stereocenters. The predicted molar refractivity (Wildman–Crippen MR) is 89.4 cm³/mol. The van der Waals surface area contributed by atoms with Crippen LogP contribution in [0.1, 0.15) is 48.4 Å². The highest BCUT2D eigenvalue weighted by Gasteiger charge is 2.44. The Morgan fingerprint density at radius 2 is 1.11 bits per heavy atom. The average Bonchev–Trinajstić information content (AvgIpc) is 3.08. The van der Waals surface area contributed by atoms with Crippen LogP contribution >= 0.6 is 0 Å². The number of hydroxylamine groups is 2. The van der Waals surface area contributed by atoms with Gasteiger partial charge < -0.3 is 4.84 Å². The van der Waals surface area contributed by atoms with Crippen molar-refractivity contribution in [2.24, 2.45) is 0 Å². The van der Waals surface area contributed by atoms with E-state index in [1.165, 1.54) is 31.2 Å². The van der Waals surface area contributed by atoms with Crippen molar-refractivity contribution in [3.63, 3.8) is 0 Å². The van der Waals surface area contributed by atoms with Crippen LogP contribution in [-0.4, -0.2) is 45.6 Å². The zero-order valence-corrected chi connectivity index (χ0v) is 14.0. The van der Waals surface area contributed by atoms with Crippen molar-refractivity contribution < 1.29 is 28.8 Å². The van der Waals surface area contributed by atoms with E-state index in [2.05, 4.69) is 0 Å². The number of carbonyl (C=O) groups excluding carboxylic acids is 5. The summed E-state index contributed by atoms with van der Waals surface area (Å²) in [6.45, 7) is 1.29. The van der Waals surface area contributed by atoms with Crippen molar-refractivity contribution in [2.75, 3.05) is 0 Å². The topological polar surface area (TPSA) is 101 Å². The maximum absolute atomic E-state index is 12.5. The van der Waals surface area contributed by atoms with Crippen molar-refractivity contribution in [1.29, 1.82) is 0 Å². The lowest BCUT2D eigenvalue weighted by Crippen LogP contribution is -2.46. The fourth-order valence-corrected chi connectivity index (χ4v) is 3.08. The summed E-state index contributed by atoms with van der Waals surface area (Å²) in [6.07, 6.45) is 0. The molecule has 8 heteroatoms. The van der Waals surface area contributed by atoms with Crippen molar-refractivity contribution in [2.45, 2.75) is 13.0 Å². The second-order valence-corrected chi connectivity index (χ2v) is 6.06. The van der Waals surface area contributed by atoms with Gasteiger partial charge in [-0.15, -0.1) is 0 Å². The lowest BCUT2D eigenvalue weighted by atomic mass is 10.1. The minimum absolute atomic E-state index is 0.115. The highest BCUT2D eigenvalue weighted by Crippen LogP contribution is 2.26. The Hall–Kier alpha value is -3.81. The van der Waals surface area contributed by atoms with E-state index < -0.39 is 35.6 Å². The van der Waals surface area contributed by atoms with Gasteiger partial charge in [-0.2, -0.15) is 0 Å². The third-order valence-electron chi connectivity index (χ3n) is 4.49. The van der Waals surface area contributed by atoms with Gasteiger partial charge in [0.05, 0.1) is 22.3 Å². The number of nitrogens with zero attached hydrogens (tertiary/aromatic N) is 2. The van der Waals surface area contributed by atoms with Crippen LogP contribution in [0.15, 0.2) is 48.5 Å². The molecule has 2 aliphatic rings. The first-order valence-electron chi connectivity index (χ1n) is 8.08. The SMILES string of the molecule is C[C@H](C(=O)ON1C(=O)c2ccccc2C1=O)N1C(=O)c2ccccc2C1=O. The smallest absolute Gasteiger partial charge is 0.327 e. The van der Waals surface area contributed by atoms with E-state index in [0.29, 0.717) is 5.06 Å². The fourth-order valence-electron chi connectivity index (χ4n) is 3.08. The number of hydrogen-bond donors (Lipinski definition) is 0. The molecule has 0 saturated heterocycles. The molecular formula is C19H12N2O6. The molecule has 0 N–H and O–H groups in total. The zero-order valence-electron chi connectivity index (χ0n) is 14.0. The second kappa shape index (κ2) is 5.87. The van der Waals surface area contributed by atoms with Gasteiger partial charge in [0.25, 0.3) is 23.6 Å². The Bertz CT molecular complexity index is 974. The van der Waals surface area contributed by atoms with E-state index in [-0.39, 0.29) is 22.3 Å². The molecule has 0 saturated carbocycles. The van der Waals surface area contributed by atoms with Gasteiger partial charge in [-0.3, -0.25) is 24.1 Å². The summed E-state index contributed by atoms with van der Waals surface area (Å²) in [4.78, 5) is 67.6. The minimum Gasteiger partial charge on any atom is -0.327 e. The fraction of sp³-hybridized carbons (Fsp3) is 0.105. The van der Waals surface area contributed by atoms with E-state index in [1.807, 2.05) is 0 Å². The molecule has 0 fully saturated rings. The van der Waals surface area contributed by atoms with Gasteiger partial charge in [-0.1, -0.05) is 29.3 Å². The lowest BCUT2D eigenvalue weighted by Gasteiger charge is -2.22. The quantitative estimate of drug-likeness (QED) is 0.764. The van der Waals surface area contributed by atoms with Crippen LogP contribution in [0.25, 0.3) is 0 Å². The highest BCUT2D eigenvalue weighted by molar-refractivity contribution is 6.23. The molecule has 4 rings (SSSR count). The Balaban J connectivity index is 1.55. The van der Waals surface area contributed by atoms with Crippen molar-refractivity contribution in [3.05, 3.63) is 70.8 Å². The van der Waals surface area contributed by atoms with E-state index in [9.17, 15) is 24.0 Å². The molecule has 1 atom stereocenters. The first kappa shape index (κ1) is 16.6. The first-order valence-corrected chi connectivity index (χ1v) is 8.08. The molecule has 2 aromatic rings. The normalized spacial score (nSPS) is 16.5. The van der Waals surface area contributed by atoms with E-state index in [1.54, 1.807) is 24.3 Å². The molecule has 4 amide bonds. The van der Waals surface area contributed by atoms with Crippen molar-refractivity contribution in [1.82, 2.24) is 9.96 Å². The molecule has 134 valence electrons. The maximum Gasteiger partial charge on any atom is 0.355 e. The molecule has 27 heavy (non-hydrogen) atoms. The summed E-state index contributed by atoms with van der Waals surface area (Å²) in [5.74, 6) is -3.90. The van der Waals surface area contributed by atoms with Gasteiger partial charge in [-0.05, 0) is 31.2 Å². The van der Waals surface area contributed by atoms with Crippen LogP contribution in [-0.2, 0) is 9.63 Å². The van der Waals surface area contributed by atoms with Gasteiger partial charge in [0.2, 0.25) is 0 Å². The van der Waals surface area contributed by atoms with Crippen LogP contribution in [0, 0.1) is 0 Å². The number of amides is 4. The molecule has 2 aromatic carbocycles. The van der Waals surface area contributed by atoms with Crippen molar-refractivity contribution in [3.8, 4) is 0 Å². The molecule has 0 spiro atoms. The van der Waals surface area contributed by atoms with Gasteiger partial charge in [-0.25, -0.2) is 4.79 Å². The monoisotopic (exact) mass is 364 g/mol. The van der Waals surface area contributed by atoms with Gasteiger partial charge in [0, 0.05) is 0 Å². The average molecular weight is 364 g/mol. The summed E-state index contributed by atoms with van der Waals surface area (Å²) in [5, 5.41) is 0.349. The summed E-state index contributed by atoms with van der Waals surface area (Å²) in [5.41, 5.74) is 0.595. The van der Waals surface area contributed by atoms with Gasteiger partial charge >= 0.3 is 5.97 Å². The summed E-state index contributed by atoms with van der Waals surface area (Å²) in [7, 11) is 0. The summed E-state index contributed by atoms with van der Waals surface area (Å²) in [6, 6.07) is 10.9. The predicted octanol–water partition coefficient (Wildman–Crippen LogP) is 1.43. The molecule has 0 bridgehead atoms. The third kappa shape index (κ3) is 2.34. The number of imide groups is 2. The standard InChI is InChI=1S/C19H12N2O6/c1-10(20-15(22)11-6-2-3-7-12(11)16(20)23)19(26)27-21-17(24)13-8-4-5-9-14(13)18(21)25/h2-10H,1H3/t10-/m1/s1. The minimum atomic E-state index is -1.32. The number of benzene rings is 2. The van der Waals surface area contributed by atoms with Crippen LogP contribution in [0.5, 0.6) is 0 Å².